The van der Waals surface area contributed by atoms with Crippen LogP contribution in [0.1, 0.15) is 50.3 Å². The molecule has 1 spiro atoms. The molecule has 3 rings (SSSR count). The predicted octanol–water partition coefficient (Wildman–Crippen LogP) is 3.39. The van der Waals surface area contributed by atoms with E-state index < -0.39 is 11.6 Å². The standard InChI is InChI=1S/C18H24ClN3O3S/c1-2-21(11-13-7-8-14(19)26-13)15(23)12-22-16(24)18(20-17(22)25)9-5-3-4-6-10-18/h7-8H,2-6,9-12H2,1H3,(H,20,25). The van der Waals surface area contributed by atoms with Crippen molar-refractivity contribution in [2.24, 2.45) is 0 Å². The Balaban J connectivity index is 1.67. The van der Waals surface area contributed by atoms with Gasteiger partial charge >= 0.3 is 6.03 Å². The molecule has 6 nitrogen and oxygen atoms in total. The van der Waals surface area contributed by atoms with Crippen LogP contribution in [0.4, 0.5) is 4.79 Å². The minimum absolute atomic E-state index is 0.209. The van der Waals surface area contributed by atoms with Crippen LogP contribution in [-0.4, -0.2) is 46.3 Å². The third-order valence-corrected chi connectivity index (χ3v) is 6.42. The lowest BCUT2D eigenvalue weighted by Crippen LogP contribution is -2.47. The van der Waals surface area contributed by atoms with E-state index in [-0.39, 0.29) is 18.4 Å². The smallest absolute Gasteiger partial charge is 0.325 e. The molecule has 1 saturated heterocycles. The van der Waals surface area contributed by atoms with E-state index in [4.69, 9.17) is 11.6 Å². The zero-order valence-corrected chi connectivity index (χ0v) is 16.5. The van der Waals surface area contributed by atoms with Crippen LogP contribution in [0.5, 0.6) is 0 Å². The number of nitrogens with one attached hydrogen (secondary N) is 1. The minimum Gasteiger partial charge on any atom is -0.336 e. The number of nitrogens with zero attached hydrogens (tertiary/aromatic N) is 2. The summed E-state index contributed by atoms with van der Waals surface area (Å²) in [5, 5.41) is 2.88. The lowest BCUT2D eigenvalue weighted by molar-refractivity contribution is -0.139. The van der Waals surface area contributed by atoms with Gasteiger partial charge in [-0.3, -0.25) is 14.5 Å². The zero-order chi connectivity index (χ0) is 18.7. The first-order valence-corrected chi connectivity index (χ1v) is 10.3. The van der Waals surface area contributed by atoms with Crippen molar-refractivity contribution in [1.82, 2.24) is 15.1 Å². The van der Waals surface area contributed by atoms with Crippen LogP contribution in [0.15, 0.2) is 12.1 Å². The van der Waals surface area contributed by atoms with Gasteiger partial charge in [-0.2, -0.15) is 0 Å². The van der Waals surface area contributed by atoms with Gasteiger partial charge in [0.05, 0.1) is 10.9 Å². The highest BCUT2D eigenvalue weighted by atomic mass is 35.5. The molecule has 1 saturated carbocycles. The summed E-state index contributed by atoms with van der Waals surface area (Å²) in [6, 6.07) is 3.24. The number of rotatable bonds is 5. The molecule has 1 aromatic heterocycles. The van der Waals surface area contributed by atoms with Crippen LogP contribution < -0.4 is 5.32 Å². The van der Waals surface area contributed by atoms with Gasteiger partial charge in [0, 0.05) is 11.4 Å². The molecule has 2 aliphatic rings. The summed E-state index contributed by atoms with van der Waals surface area (Å²) in [6.45, 7) is 2.61. The highest BCUT2D eigenvalue weighted by molar-refractivity contribution is 7.16. The number of amides is 4. The predicted molar refractivity (Wildman–Crippen MR) is 101 cm³/mol. The molecule has 1 aliphatic carbocycles. The Hall–Kier alpha value is -1.60. The molecular weight excluding hydrogens is 374 g/mol. The maximum Gasteiger partial charge on any atom is 0.325 e. The molecule has 0 radical (unpaired) electrons. The lowest BCUT2D eigenvalue weighted by Gasteiger charge is -2.25. The number of carbonyl (C=O) groups is 3. The molecule has 0 atom stereocenters. The van der Waals surface area contributed by atoms with Crippen LogP contribution in [0, 0.1) is 0 Å². The van der Waals surface area contributed by atoms with Gasteiger partial charge in [0.25, 0.3) is 5.91 Å². The third-order valence-electron chi connectivity index (χ3n) is 5.21. The number of carbonyl (C=O) groups excluding carboxylic acids is 3. The molecule has 142 valence electrons. The van der Waals surface area contributed by atoms with Gasteiger partial charge in [0.2, 0.25) is 5.91 Å². The molecule has 4 amide bonds. The fraction of sp³-hybridized carbons (Fsp3) is 0.611. The summed E-state index contributed by atoms with van der Waals surface area (Å²) >= 11 is 7.37. The first-order chi connectivity index (χ1) is 12.4. The van der Waals surface area contributed by atoms with Crippen molar-refractivity contribution in [3.8, 4) is 0 Å². The average Bonchev–Trinajstić information content (AvgIpc) is 3.00. The summed E-state index contributed by atoms with van der Waals surface area (Å²) in [6.07, 6.45) is 5.33. The van der Waals surface area contributed by atoms with Gasteiger partial charge in [0.15, 0.2) is 0 Å². The number of thiophene rings is 1. The number of hydrogen-bond donors (Lipinski definition) is 1. The van der Waals surface area contributed by atoms with E-state index in [2.05, 4.69) is 5.32 Å². The first-order valence-electron chi connectivity index (χ1n) is 9.11. The molecule has 1 N–H and O–H groups in total. The molecule has 2 heterocycles. The first kappa shape index (κ1) is 19.2. The van der Waals surface area contributed by atoms with Crippen molar-refractivity contribution in [3.63, 3.8) is 0 Å². The summed E-state index contributed by atoms with van der Waals surface area (Å²) in [5.41, 5.74) is -0.799. The highest BCUT2D eigenvalue weighted by Crippen LogP contribution is 2.32. The lowest BCUT2D eigenvalue weighted by atomic mass is 9.90. The Morgan fingerprint density at radius 1 is 1.27 bits per heavy atom. The van der Waals surface area contributed by atoms with Gasteiger partial charge in [-0.05, 0) is 31.9 Å². The van der Waals surface area contributed by atoms with Crippen molar-refractivity contribution in [3.05, 3.63) is 21.3 Å². The summed E-state index contributed by atoms with van der Waals surface area (Å²) < 4.78 is 0.674. The van der Waals surface area contributed by atoms with E-state index in [1.807, 2.05) is 13.0 Å². The number of hydrogen-bond acceptors (Lipinski definition) is 4. The van der Waals surface area contributed by atoms with Gasteiger partial charge in [-0.1, -0.05) is 37.3 Å². The summed E-state index contributed by atoms with van der Waals surface area (Å²) in [5.74, 6) is -0.473. The van der Waals surface area contributed by atoms with Crippen LogP contribution in [-0.2, 0) is 16.1 Å². The van der Waals surface area contributed by atoms with E-state index in [0.717, 1.165) is 35.5 Å². The van der Waals surface area contributed by atoms with Crippen LogP contribution in [0.25, 0.3) is 0 Å². The van der Waals surface area contributed by atoms with E-state index >= 15 is 0 Å². The van der Waals surface area contributed by atoms with E-state index in [0.29, 0.717) is 30.3 Å². The number of likely N-dealkylation sites (N-methyl/N-ethyl adjacent to an activating group) is 1. The summed E-state index contributed by atoms with van der Waals surface area (Å²) in [4.78, 5) is 41.7. The van der Waals surface area contributed by atoms with Crippen LogP contribution in [0.2, 0.25) is 4.34 Å². The number of imide groups is 1. The molecular formula is C18H24ClN3O3S. The Kier molecular flexibility index (Phi) is 5.87. The van der Waals surface area contributed by atoms with Crippen molar-refractivity contribution >= 4 is 40.8 Å². The zero-order valence-electron chi connectivity index (χ0n) is 14.9. The van der Waals surface area contributed by atoms with E-state index in [1.165, 1.54) is 11.3 Å². The monoisotopic (exact) mass is 397 g/mol. The van der Waals surface area contributed by atoms with E-state index in [1.54, 1.807) is 11.0 Å². The van der Waals surface area contributed by atoms with Crippen molar-refractivity contribution in [2.75, 3.05) is 13.1 Å². The number of halogens is 1. The molecule has 8 heteroatoms. The minimum atomic E-state index is -0.799. The van der Waals surface area contributed by atoms with Crippen molar-refractivity contribution in [2.45, 2.75) is 57.5 Å². The van der Waals surface area contributed by atoms with E-state index in [9.17, 15) is 14.4 Å². The maximum atomic E-state index is 12.9. The van der Waals surface area contributed by atoms with Crippen molar-refractivity contribution in [1.29, 1.82) is 0 Å². The SMILES string of the molecule is CCN(Cc1ccc(Cl)s1)C(=O)CN1C(=O)NC2(CCCCCC2)C1=O. The molecule has 1 aliphatic heterocycles. The molecule has 0 bridgehead atoms. The number of urea groups is 1. The third kappa shape index (κ3) is 3.88. The van der Waals surface area contributed by atoms with Gasteiger partial charge in [-0.25, -0.2) is 4.79 Å². The topological polar surface area (TPSA) is 69.7 Å². The van der Waals surface area contributed by atoms with Crippen LogP contribution in [0.3, 0.4) is 0 Å². The van der Waals surface area contributed by atoms with Crippen molar-refractivity contribution < 1.29 is 14.4 Å². The fourth-order valence-corrected chi connectivity index (χ4v) is 4.83. The second-order valence-corrected chi connectivity index (χ2v) is 8.73. The average molecular weight is 398 g/mol. The molecule has 0 unspecified atom stereocenters. The Bertz CT molecular complexity index is 698. The van der Waals surface area contributed by atoms with Gasteiger partial charge in [0.1, 0.15) is 12.1 Å². The molecule has 26 heavy (non-hydrogen) atoms. The van der Waals surface area contributed by atoms with Gasteiger partial charge < -0.3 is 10.2 Å². The fourth-order valence-electron chi connectivity index (χ4n) is 3.73. The quantitative estimate of drug-likeness (QED) is 0.774. The molecule has 2 fully saturated rings. The second kappa shape index (κ2) is 7.96. The second-order valence-electron chi connectivity index (χ2n) is 6.93. The highest BCUT2D eigenvalue weighted by Gasteiger charge is 2.51. The summed E-state index contributed by atoms with van der Waals surface area (Å²) in [7, 11) is 0. The Morgan fingerprint density at radius 3 is 2.54 bits per heavy atom. The van der Waals surface area contributed by atoms with Crippen LogP contribution >= 0.6 is 22.9 Å². The Morgan fingerprint density at radius 2 is 1.96 bits per heavy atom. The molecule has 0 aromatic carbocycles. The normalized spacial score (nSPS) is 19.5. The largest absolute Gasteiger partial charge is 0.336 e. The maximum absolute atomic E-state index is 12.9. The molecule has 1 aromatic rings. The van der Waals surface area contributed by atoms with Gasteiger partial charge in [-0.15, -0.1) is 11.3 Å². The Labute approximate surface area is 162 Å².